The van der Waals surface area contributed by atoms with Gasteiger partial charge in [-0.1, -0.05) is 0 Å². The fourth-order valence-electron chi connectivity index (χ4n) is 1.23. The van der Waals surface area contributed by atoms with Gasteiger partial charge in [-0.2, -0.15) is 0 Å². The van der Waals surface area contributed by atoms with E-state index in [1.165, 1.54) is 0 Å². The largest absolute Gasteiger partial charge is 0.318 e. The fraction of sp³-hybridized carbons (Fsp3) is 0.500. The van der Waals surface area contributed by atoms with Crippen LogP contribution in [0.2, 0.25) is 0 Å². The second-order valence-corrected chi connectivity index (χ2v) is 4.89. The summed E-state index contributed by atoms with van der Waals surface area (Å²) in [7, 11) is 1.76. The van der Waals surface area contributed by atoms with Crippen LogP contribution >= 0.6 is 11.3 Å². The molecule has 0 saturated carbocycles. The molecule has 1 amide bonds. The minimum Gasteiger partial charge on any atom is -0.318 e. The zero-order chi connectivity index (χ0) is 10.9. The molecule has 0 fully saturated rings. The number of amides is 1. The zero-order valence-electron chi connectivity index (χ0n) is 9.00. The number of carbonyl (C=O) groups excluding carboxylic acids is 1. The summed E-state index contributed by atoms with van der Waals surface area (Å²) in [5.74, 6) is -0.0666. The molecule has 0 bridgehead atoms. The summed E-state index contributed by atoms with van der Waals surface area (Å²) in [4.78, 5) is 13.4. The summed E-state index contributed by atoms with van der Waals surface area (Å²) < 4.78 is 0. The van der Waals surface area contributed by atoms with Gasteiger partial charge in [0.1, 0.15) is 5.00 Å². The molecule has 0 aliphatic carbocycles. The van der Waals surface area contributed by atoms with Crippen molar-refractivity contribution in [3.63, 3.8) is 0 Å². The average molecular weight is 212 g/mol. The van der Waals surface area contributed by atoms with Crippen LogP contribution in [-0.4, -0.2) is 18.5 Å². The number of likely N-dealkylation sites (N-methyl/N-ethyl adjacent to an activating group) is 1. The van der Waals surface area contributed by atoms with Crippen molar-refractivity contribution in [1.82, 2.24) is 0 Å². The third-order valence-electron chi connectivity index (χ3n) is 2.00. The molecule has 0 aliphatic rings. The van der Waals surface area contributed by atoms with Crippen LogP contribution in [0.4, 0.5) is 5.00 Å². The van der Waals surface area contributed by atoms with Crippen molar-refractivity contribution in [2.75, 3.05) is 11.9 Å². The van der Waals surface area contributed by atoms with E-state index >= 15 is 0 Å². The lowest BCUT2D eigenvalue weighted by atomic mass is 10.1. The molecule has 0 saturated heterocycles. The van der Waals surface area contributed by atoms with E-state index in [0.29, 0.717) is 0 Å². The number of nitrogens with two attached hydrogens (primary N) is 1. The Bertz CT molecular complexity index is 338. The Morgan fingerprint density at radius 2 is 2.14 bits per heavy atom. The number of rotatable bonds is 2. The SMILES string of the molecule is Cc1ccsc1N(C)C(=O)C(C)(C)N. The lowest BCUT2D eigenvalue weighted by Crippen LogP contribution is -2.49. The smallest absolute Gasteiger partial charge is 0.246 e. The molecule has 1 aromatic rings. The molecular weight excluding hydrogens is 196 g/mol. The van der Waals surface area contributed by atoms with Crippen LogP contribution in [0.25, 0.3) is 0 Å². The van der Waals surface area contributed by atoms with Crippen molar-refractivity contribution in [3.05, 3.63) is 17.0 Å². The van der Waals surface area contributed by atoms with Gasteiger partial charge in [0.25, 0.3) is 0 Å². The maximum Gasteiger partial charge on any atom is 0.246 e. The molecule has 1 rings (SSSR count). The van der Waals surface area contributed by atoms with Crippen LogP contribution in [0.1, 0.15) is 19.4 Å². The van der Waals surface area contributed by atoms with Crippen LogP contribution in [0, 0.1) is 6.92 Å². The van der Waals surface area contributed by atoms with Crippen LogP contribution in [-0.2, 0) is 4.79 Å². The van der Waals surface area contributed by atoms with Gasteiger partial charge in [-0.3, -0.25) is 4.79 Å². The molecule has 1 aromatic heterocycles. The Morgan fingerprint density at radius 3 is 2.50 bits per heavy atom. The molecular formula is C10H16N2OS. The highest BCUT2D eigenvalue weighted by atomic mass is 32.1. The van der Waals surface area contributed by atoms with Gasteiger partial charge in [-0.15, -0.1) is 11.3 Å². The summed E-state index contributed by atoms with van der Waals surface area (Å²) in [5.41, 5.74) is 6.04. The van der Waals surface area contributed by atoms with Crippen LogP contribution < -0.4 is 10.6 Å². The number of anilines is 1. The highest BCUT2D eigenvalue weighted by Crippen LogP contribution is 2.26. The summed E-state index contributed by atoms with van der Waals surface area (Å²) in [6.45, 7) is 5.42. The molecule has 0 aromatic carbocycles. The highest BCUT2D eigenvalue weighted by Gasteiger charge is 2.27. The summed E-state index contributed by atoms with van der Waals surface area (Å²) in [6.07, 6.45) is 0. The number of aryl methyl sites for hydroxylation is 1. The predicted octanol–water partition coefficient (Wildman–Crippen LogP) is 1.76. The van der Waals surface area contributed by atoms with Crippen LogP contribution in [0.3, 0.4) is 0 Å². The van der Waals surface area contributed by atoms with Crippen molar-refractivity contribution in [2.45, 2.75) is 26.3 Å². The number of hydrogen-bond acceptors (Lipinski definition) is 3. The Morgan fingerprint density at radius 1 is 1.57 bits per heavy atom. The molecule has 78 valence electrons. The Kier molecular flexibility index (Phi) is 2.97. The topological polar surface area (TPSA) is 46.3 Å². The van der Waals surface area contributed by atoms with Gasteiger partial charge in [0, 0.05) is 7.05 Å². The fourth-order valence-corrected chi connectivity index (χ4v) is 2.13. The first kappa shape index (κ1) is 11.2. The minimum absolute atomic E-state index is 0.0666. The Balaban J connectivity index is 2.92. The first-order valence-corrected chi connectivity index (χ1v) is 5.33. The number of carbonyl (C=O) groups is 1. The second kappa shape index (κ2) is 3.71. The first-order valence-electron chi connectivity index (χ1n) is 4.45. The molecule has 1 heterocycles. The maximum absolute atomic E-state index is 11.8. The molecule has 0 spiro atoms. The van der Waals surface area contributed by atoms with Crippen LogP contribution in [0.15, 0.2) is 11.4 Å². The minimum atomic E-state index is -0.814. The number of thiophene rings is 1. The van der Waals surface area contributed by atoms with Gasteiger partial charge < -0.3 is 10.6 Å². The Labute approximate surface area is 88.5 Å². The standard InChI is InChI=1S/C10H16N2OS/c1-7-5-6-14-8(7)12(4)9(13)10(2,3)11/h5-6H,11H2,1-4H3. The number of hydrogen-bond donors (Lipinski definition) is 1. The van der Waals surface area contributed by atoms with Gasteiger partial charge in [0.2, 0.25) is 5.91 Å². The van der Waals surface area contributed by atoms with E-state index in [9.17, 15) is 4.79 Å². The van der Waals surface area contributed by atoms with E-state index in [1.54, 1.807) is 37.1 Å². The third kappa shape index (κ3) is 2.13. The van der Waals surface area contributed by atoms with Crippen molar-refractivity contribution >= 4 is 22.2 Å². The van der Waals surface area contributed by atoms with Crippen molar-refractivity contribution < 1.29 is 4.79 Å². The normalized spacial score (nSPS) is 11.5. The summed E-state index contributed by atoms with van der Waals surface area (Å²) in [6, 6.07) is 1.99. The lowest BCUT2D eigenvalue weighted by molar-refractivity contribution is -0.122. The van der Waals surface area contributed by atoms with Crippen molar-refractivity contribution in [2.24, 2.45) is 5.73 Å². The van der Waals surface area contributed by atoms with Gasteiger partial charge in [-0.05, 0) is 37.8 Å². The molecule has 0 unspecified atom stereocenters. The van der Waals surface area contributed by atoms with E-state index < -0.39 is 5.54 Å². The molecule has 2 N–H and O–H groups in total. The zero-order valence-corrected chi connectivity index (χ0v) is 9.81. The molecule has 14 heavy (non-hydrogen) atoms. The van der Waals surface area contributed by atoms with E-state index in [4.69, 9.17) is 5.73 Å². The highest BCUT2D eigenvalue weighted by molar-refractivity contribution is 7.14. The van der Waals surface area contributed by atoms with Crippen molar-refractivity contribution in [1.29, 1.82) is 0 Å². The van der Waals surface area contributed by atoms with E-state index in [2.05, 4.69) is 0 Å². The molecule has 4 heteroatoms. The monoisotopic (exact) mass is 212 g/mol. The van der Waals surface area contributed by atoms with E-state index in [0.717, 1.165) is 10.6 Å². The number of nitrogens with zero attached hydrogens (tertiary/aromatic N) is 1. The lowest BCUT2D eigenvalue weighted by Gasteiger charge is -2.25. The molecule has 0 radical (unpaired) electrons. The van der Waals surface area contributed by atoms with E-state index in [-0.39, 0.29) is 5.91 Å². The predicted molar refractivity (Wildman–Crippen MR) is 60.7 cm³/mol. The average Bonchev–Trinajstić information content (AvgIpc) is 2.47. The third-order valence-corrected chi connectivity index (χ3v) is 3.09. The van der Waals surface area contributed by atoms with Gasteiger partial charge >= 0.3 is 0 Å². The maximum atomic E-state index is 11.8. The van der Waals surface area contributed by atoms with Crippen LogP contribution in [0.5, 0.6) is 0 Å². The molecule has 3 nitrogen and oxygen atoms in total. The van der Waals surface area contributed by atoms with Crippen molar-refractivity contribution in [3.8, 4) is 0 Å². The second-order valence-electron chi connectivity index (χ2n) is 3.99. The first-order chi connectivity index (χ1) is 6.34. The van der Waals surface area contributed by atoms with Gasteiger partial charge in [0.15, 0.2) is 0 Å². The van der Waals surface area contributed by atoms with Gasteiger partial charge in [-0.25, -0.2) is 0 Å². The Hall–Kier alpha value is -0.870. The summed E-state index contributed by atoms with van der Waals surface area (Å²) in [5, 5.41) is 2.94. The van der Waals surface area contributed by atoms with E-state index in [1.807, 2.05) is 18.4 Å². The molecule has 0 aliphatic heterocycles. The quantitative estimate of drug-likeness (QED) is 0.812. The summed E-state index contributed by atoms with van der Waals surface area (Å²) >= 11 is 1.55. The van der Waals surface area contributed by atoms with Gasteiger partial charge in [0.05, 0.1) is 5.54 Å². The molecule has 0 atom stereocenters.